The van der Waals surface area contributed by atoms with E-state index in [1.807, 2.05) is 6.07 Å². The Kier molecular flexibility index (Phi) is 6.17. The van der Waals surface area contributed by atoms with Crippen LogP contribution in [-0.2, 0) is 6.42 Å². The van der Waals surface area contributed by atoms with Crippen LogP contribution in [0.1, 0.15) is 63.0 Å². The van der Waals surface area contributed by atoms with E-state index in [1.54, 1.807) is 0 Å². The van der Waals surface area contributed by atoms with E-state index in [-0.39, 0.29) is 0 Å². The number of H-pyrrole nitrogens is 1. The van der Waals surface area contributed by atoms with Crippen molar-refractivity contribution in [2.24, 2.45) is 0 Å². The highest BCUT2D eigenvalue weighted by molar-refractivity contribution is 5.69. The van der Waals surface area contributed by atoms with E-state index in [0.717, 1.165) is 42.1 Å². The summed E-state index contributed by atoms with van der Waals surface area (Å²) >= 11 is 0. The van der Waals surface area contributed by atoms with E-state index in [2.05, 4.69) is 47.1 Å². The van der Waals surface area contributed by atoms with E-state index < -0.39 is 0 Å². The van der Waals surface area contributed by atoms with Crippen LogP contribution >= 0.6 is 0 Å². The number of rotatable bonds is 7. The first kappa shape index (κ1) is 17.6. The third-order valence-corrected chi connectivity index (χ3v) is 5.17. The Morgan fingerprint density at radius 1 is 1.04 bits per heavy atom. The number of benzene rings is 1. The Morgan fingerprint density at radius 2 is 1.80 bits per heavy atom. The Labute approximate surface area is 151 Å². The van der Waals surface area contributed by atoms with Crippen LogP contribution in [0.15, 0.2) is 30.3 Å². The summed E-state index contributed by atoms with van der Waals surface area (Å²) in [5, 5.41) is 9.50. The molecule has 0 atom stereocenters. The predicted octanol–water partition coefficient (Wildman–Crippen LogP) is 5.67. The van der Waals surface area contributed by atoms with Crippen molar-refractivity contribution in [2.45, 2.75) is 58.3 Å². The molecule has 1 saturated heterocycles. The van der Waals surface area contributed by atoms with E-state index in [4.69, 9.17) is 0 Å². The summed E-state index contributed by atoms with van der Waals surface area (Å²) in [5.41, 5.74) is 4.38. The number of aromatic nitrogens is 1. The third kappa shape index (κ3) is 4.45. The molecule has 0 spiro atoms. The van der Waals surface area contributed by atoms with Gasteiger partial charge in [-0.3, -0.25) is 0 Å². The summed E-state index contributed by atoms with van der Waals surface area (Å²) < 4.78 is 0. The fourth-order valence-electron chi connectivity index (χ4n) is 3.66. The Balaban J connectivity index is 1.71. The van der Waals surface area contributed by atoms with Gasteiger partial charge in [0.1, 0.15) is 11.9 Å². The first-order valence-corrected chi connectivity index (χ1v) is 9.79. The van der Waals surface area contributed by atoms with Crippen molar-refractivity contribution in [2.75, 3.05) is 18.0 Å². The zero-order valence-corrected chi connectivity index (χ0v) is 15.4. The number of nitrogens with zero attached hydrogens (tertiary/aromatic N) is 2. The second-order valence-electron chi connectivity index (χ2n) is 7.11. The van der Waals surface area contributed by atoms with Crippen molar-refractivity contribution >= 4 is 5.82 Å². The molecule has 1 aliphatic heterocycles. The average Bonchev–Trinajstić information content (AvgIpc) is 3.11. The largest absolute Gasteiger partial charge is 0.357 e. The van der Waals surface area contributed by atoms with Gasteiger partial charge < -0.3 is 9.88 Å². The van der Waals surface area contributed by atoms with Gasteiger partial charge in [0.15, 0.2) is 0 Å². The quantitative estimate of drug-likeness (QED) is 0.663. The van der Waals surface area contributed by atoms with Crippen molar-refractivity contribution in [3.05, 3.63) is 41.5 Å². The van der Waals surface area contributed by atoms with E-state index in [1.165, 1.54) is 50.5 Å². The van der Waals surface area contributed by atoms with Gasteiger partial charge in [0, 0.05) is 18.8 Å². The lowest BCUT2D eigenvalue weighted by atomic mass is 10.0. The number of unbranched alkanes of at least 4 members (excludes halogenated alkanes) is 3. The number of anilines is 1. The maximum atomic E-state index is 9.50. The fourth-order valence-corrected chi connectivity index (χ4v) is 3.66. The summed E-state index contributed by atoms with van der Waals surface area (Å²) in [7, 11) is 0. The fraction of sp³-hybridized carbons (Fsp3) is 0.500. The lowest BCUT2D eigenvalue weighted by molar-refractivity contribution is 0.574. The van der Waals surface area contributed by atoms with E-state index in [9.17, 15) is 5.26 Å². The molecule has 1 fully saturated rings. The molecule has 3 rings (SSSR count). The van der Waals surface area contributed by atoms with Crippen LogP contribution in [0.5, 0.6) is 0 Å². The summed E-state index contributed by atoms with van der Waals surface area (Å²) in [6, 6.07) is 13.2. The normalized spacial score (nSPS) is 14.5. The minimum Gasteiger partial charge on any atom is -0.357 e. The van der Waals surface area contributed by atoms with Gasteiger partial charge in [0.05, 0.1) is 5.56 Å². The van der Waals surface area contributed by atoms with Crippen LogP contribution in [0.3, 0.4) is 0 Å². The molecule has 0 saturated carbocycles. The van der Waals surface area contributed by atoms with Gasteiger partial charge in [-0.2, -0.15) is 5.26 Å². The maximum Gasteiger partial charge on any atom is 0.124 e. The van der Waals surface area contributed by atoms with Crippen LogP contribution in [-0.4, -0.2) is 18.1 Å². The lowest BCUT2D eigenvalue weighted by Crippen LogP contribution is -2.30. The van der Waals surface area contributed by atoms with Gasteiger partial charge in [-0.05, 0) is 49.3 Å². The second kappa shape index (κ2) is 8.76. The standard InChI is InChI=1S/C22H29N3/c1-2-3-4-6-9-18-10-12-19(13-11-18)21-16-20(17-23)22(24-21)25-14-7-5-8-15-25/h10-13,16,24H,2-9,14-15H2,1H3. The van der Waals surface area contributed by atoms with Gasteiger partial charge >= 0.3 is 0 Å². The summed E-state index contributed by atoms with van der Waals surface area (Å²) in [6.45, 7) is 4.34. The highest BCUT2D eigenvalue weighted by atomic mass is 15.2. The van der Waals surface area contributed by atoms with Crippen LogP contribution in [0.2, 0.25) is 0 Å². The number of nitrogens with one attached hydrogen (secondary N) is 1. The molecule has 1 aliphatic rings. The Bertz CT molecular complexity index is 700. The molecule has 0 radical (unpaired) electrons. The van der Waals surface area contributed by atoms with Crippen molar-refractivity contribution in [3.63, 3.8) is 0 Å². The summed E-state index contributed by atoms with van der Waals surface area (Å²) in [6.07, 6.45) is 10.1. The summed E-state index contributed by atoms with van der Waals surface area (Å²) in [4.78, 5) is 5.83. The molecular formula is C22H29N3. The van der Waals surface area contributed by atoms with Crippen LogP contribution in [0.25, 0.3) is 11.3 Å². The highest BCUT2D eigenvalue weighted by Gasteiger charge is 2.17. The highest BCUT2D eigenvalue weighted by Crippen LogP contribution is 2.29. The van der Waals surface area contributed by atoms with Gasteiger partial charge in [0.2, 0.25) is 0 Å². The smallest absolute Gasteiger partial charge is 0.124 e. The predicted molar refractivity (Wildman–Crippen MR) is 105 cm³/mol. The van der Waals surface area contributed by atoms with Crippen LogP contribution in [0.4, 0.5) is 5.82 Å². The van der Waals surface area contributed by atoms with Gasteiger partial charge in [-0.25, -0.2) is 0 Å². The van der Waals surface area contributed by atoms with Crippen molar-refractivity contribution in [3.8, 4) is 17.3 Å². The molecule has 2 aromatic rings. The SMILES string of the molecule is CCCCCCc1ccc(-c2cc(C#N)c(N3CCCCC3)[nH]2)cc1. The molecule has 0 unspecified atom stereocenters. The van der Waals surface area contributed by atoms with Crippen molar-refractivity contribution < 1.29 is 0 Å². The van der Waals surface area contributed by atoms with Gasteiger partial charge in [-0.15, -0.1) is 0 Å². The first-order valence-electron chi connectivity index (χ1n) is 9.79. The molecule has 1 N–H and O–H groups in total. The maximum absolute atomic E-state index is 9.50. The number of aryl methyl sites for hydroxylation is 1. The number of nitriles is 1. The molecule has 1 aromatic carbocycles. The van der Waals surface area contributed by atoms with E-state index in [0.29, 0.717) is 0 Å². The number of hydrogen-bond donors (Lipinski definition) is 1. The monoisotopic (exact) mass is 335 g/mol. The van der Waals surface area contributed by atoms with Crippen molar-refractivity contribution in [1.29, 1.82) is 5.26 Å². The number of hydrogen-bond acceptors (Lipinski definition) is 2. The number of piperidine rings is 1. The topological polar surface area (TPSA) is 42.8 Å². The summed E-state index contributed by atoms with van der Waals surface area (Å²) in [5.74, 6) is 1.00. The molecule has 2 heterocycles. The average molecular weight is 335 g/mol. The molecule has 3 nitrogen and oxygen atoms in total. The van der Waals surface area contributed by atoms with Gasteiger partial charge in [0.25, 0.3) is 0 Å². The first-order chi connectivity index (χ1) is 12.3. The molecular weight excluding hydrogens is 306 g/mol. The lowest BCUT2D eigenvalue weighted by Gasteiger charge is -2.27. The molecule has 0 amide bonds. The molecule has 3 heteroatoms. The third-order valence-electron chi connectivity index (χ3n) is 5.17. The van der Waals surface area contributed by atoms with Gasteiger partial charge in [-0.1, -0.05) is 50.5 Å². The Morgan fingerprint density at radius 3 is 2.48 bits per heavy atom. The van der Waals surface area contributed by atoms with E-state index >= 15 is 0 Å². The zero-order chi connectivity index (χ0) is 17.5. The molecule has 0 bridgehead atoms. The van der Waals surface area contributed by atoms with Crippen LogP contribution in [0, 0.1) is 11.3 Å². The van der Waals surface area contributed by atoms with Crippen LogP contribution < -0.4 is 4.90 Å². The molecule has 0 aliphatic carbocycles. The minimum atomic E-state index is 0.764. The Hall–Kier alpha value is -2.21. The zero-order valence-electron chi connectivity index (χ0n) is 15.4. The minimum absolute atomic E-state index is 0.764. The number of aromatic amines is 1. The molecule has 25 heavy (non-hydrogen) atoms. The molecule has 1 aromatic heterocycles. The molecule has 132 valence electrons. The van der Waals surface area contributed by atoms with Crippen molar-refractivity contribution in [1.82, 2.24) is 4.98 Å². The second-order valence-corrected chi connectivity index (χ2v) is 7.11.